The molecule has 6 heteroatoms. The van der Waals surface area contributed by atoms with Crippen LogP contribution in [0.5, 0.6) is 0 Å². The lowest BCUT2D eigenvalue weighted by molar-refractivity contribution is -0.137. The number of fused-ring (bicyclic) bond motifs is 1. The number of halogens is 1. The number of thiophene rings is 1. The fourth-order valence-corrected chi connectivity index (χ4v) is 3.42. The van der Waals surface area contributed by atoms with Crippen molar-refractivity contribution in [2.75, 3.05) is 13.6 Å². The zero-order valence-electron chi connectivity index (χ0n) is 11.9. The summed E-state index contributed by atoms with van der Waals surface area (Å²) in [5.41, 5.74) is 0.642. The zero-order valence-corrected chi connectivity index (χ0v) is 12.7. The maximum Gasteiger partial charge on any atom is 0.303 e. The van der Waals surface area contributed by atoms with Gasteiger partial charge < -0.3 is 10.0 Å². The number of nitrogens with zero attached hydrogens (tertiary/aromatic N) is 1. The minimum atomic E-state index is -0.879. The SMILES string of the molecule is Cc1c(C(=O)N(C)CCCC(=O)O)sc2cccc(F)c12. The Kier molecular flexibility index (Phi) is 4.57. The fraction of sp³-hybridized carbons (Fsp3) is 0.333. The van der Waals surface area contributed by atoms with Crippen molar-refractivity contribution in [3.63, 3.8) is 0 Å². The van der Waals surface area contributed by atoms with E-state index >= 15 is 0 Å². The monoisotopic (exact) mass is 309 g/mol. The molecule has 1 aromatic heterocycles. The average molecular weight is 309 g/mol. The molecule has 21 heavy (non-hydrogen) atoms. The second-order valence-corrected chi connectivity index (χ2v) is 5.95. The maximum atomic E-state index is 13.8. The van der Waals surface area contributed by atoms with E-state index in [4.69, 9.17) is 5.11 Å². The second kappa shape index (κ2) is 6.22. The van der Waals surface area contributed by atoms with Gasteiger partial charge in [-0.05, 0) is 31.0 Å². The highest BCUT2D eigenvalue weighted by Crippen LogP contribution is 2.33. The van der Waals surface area contributed by atoms with Crippen molar-refractivity contribution in [2.45, 2.75) is 19.8 Å². The topological polar surface area (TPSA) is 57.6 Å². The van der Waals surface area contributed by atoms with E-state index < -0.39 is 5.97 Å². The van der Waals surface area contributed by atoms with Crippen LogP contribution in [0.2, 0.25) is 0 Å². The van der Waals surface area contributed by atoms with Gasteiger partial charge in [-0.1, -0.05) is 6.07 Å². The first kappa shape index (κ1) is 15.4. The second-order valence-electron chi connectivity index (χ2n) is 4.89. The summed E-state index contributed by atoms with van der Waals surface area (Å²) >= 11 is 1.27. The molecule has 1 aromatic carbocycles. The van der Waals surface area contributed by atoms with E-state index in [0.29, 0.717) is 28.8 Å². The van der Waals surface area contributed by atoms with Crippen LogP contribution in [0.1, 0.15) is 28.1 Å². The van der Waals surface area contributed by atoms with E-state index in [9.17, 15) is 14.0 Å². The highest BCUT2D eigenvalue weighted by Gasteiger charge is 2.20. The summed E-state index contributed by atoms with van der Waals surface area (Å²) in [6, 6.07) is 4.79. The first-order valence-electron chi connectivity index (χ1n) is 6.56. The number of aliphatic carboxylic acids is 1. The quantitative estimate of drug-likeness (QED) is 0.922. The van der Waals surface area contributed by atoms with Crippen molar-refractivity contribution in [2.24, 2.45) is 0 Å². The van der Waals surface area contributed by atoms with Gasteiger partial charge in [0.05, 0.1) is 4.88 Å². The third kappa shape index (κ3) is 3.21. The van der Waals surface area contributed by atoms with E-state index in [1.807, 2.05) is 0 Å². The highest BCUT2D eigenvalue weighted by molar-refractivity contribution is 7.21. The summed E-state index contributed by atoms with van der Waals surface area (Å²) in [7, 11) is 1.63. The highest BCUT2D eigenvalue weighted by atomic mass is 32.1. The molecule has 0 aliphatic heterocycles. The molecule has 0 atom stereocenters. The van der Waals surface area contributed by atoms with Crippen LogP contribution in [-0.4, -0.2) is 35.5 Å². The van der Waals surface area contributed by atoms with E-state index in [2.05, 4.69) is 0 Å². The summed E-state index contributed by atoms with van der Waals surface area (Å²) in [5.74, 6) is -1.40. The number of amides is 1. The first-order valence-corrected chi connectivity index (χ1v) is 7.38. The summed E-state index contributed by atoms with van der Waals surface area (Å²) in [5, 5.41) is 9.10. The number of carbonyl (C=O) groups is 2. The largest absolute Gasteiger partial charge is 0.481 e. The smallest absolute Gasteiger partial charge is 0.303 e. The number of benzene rings is 1. The van der Waals surface area contributed by atoms with E-state index in [-0.39, 0.29) is 18.1 Å². The molecule has 0 unspecified atom stereocenters. The molecule has 1 heterocycles. The normalized spacial score (nSPS) is 10.8. The average Bonchev–Trinajstić information content (AvgIpc) is 2.76. The molecule has 0 saturated heterocycles. The number of carboxylic acids is 1. The van der Waals surface area contributed by atoms with Gasteiger partial charge >= 0.3 is 5.97 Å². The predicted molar refractivity (Wildman–Crippen MR) is 80.4 cm³/mol. The molecule has 0 fully saturated rings. The van der Waals surface area contributed by atoms with Crippen LogP contribution >= 0.6 is 11.3 Å². The molecule has 112 valence electrons. The molecule has 4 nitrogen and oxygen atoms in total. The van der Waals surface area contributed by atoms with Gasteiger partial charge in [0.2, 0.25) is 0 Å². The number of aryl methyl sites for hydroxylation is 1. The molecule has 0 radical (unpaired) electrons. The Morgan fingerprint density at radius 3 is 2.71 bits per heavy atom. The number of hydrogen-bond donors (Lipinski definition) is 1. The Labute approximate surface area is 125 Å². The Hall–Kier alpha value is -1.95. The number of hydrogen-bond acceptors (Lipinski definition) is 3. The van der Waals surface area contributed by atoms with E-state index in [1.165, 1.54) is 22.3 Å². The van der Waals surface area contributed by atoms with Gasteiger partial charge in [0, 0.05) is 30.1 Å². The van der Waals surface area contributed by atoms with Crippen LogP contribution in [0.3, 0.4) is 0 Å². The third-order valence-electron chi connectivity index (χ3n) is 3.33. The van der Waals surface area contributed by atoms with Crippen LogP contribution < -0.4 is 0 Å². The molecule has 0 bridgehead atoms. The zero-order chi connectivity index (χ0) is 15.6. The fourth-order valence-electron chi connectivity index (χ4n) is 2.20. The van der Waals surface area contributed by atoms with Gasteiger partial charge in [-0.2, -0.15) is 0 Å². The Bertz CT molecular complexity index is 696. The van der Waals surface area contributed by atoms with Gasteiger partial charge in [-0.15, -0.1) is 11.3 Å². The van der Waals surface area contributed by atoms with Crippen LogP contribution in [0, 0.1) is 12.7 Å². The lowest BCUT2D eigenvalue weighted by Gasteiger charge is -2.16. The van der Waals surface area contributed by atoms with Crippen molar-refractivity contribution in [3.8, 4) is 0 Å². The van der Waals surface area contributed by atoms with Crippen molar-refractivity contribution >= 4 is 33.3 Å². The van der Waals surface area contributed by atoms with Crippen molar-refractivity contribution < 1.29 is 19.1 Å². The summed E-state index contributed by atoms with van der Waals surface area (Å²) in [4.78, 5) is 24.9. The summed E-state index contributed by atoms with van der Waals surface area (Å²) in [6.07, 6.45) is 0.424. The van der Waals surface area contributed by atoms with Crippen LogP contribution in [0.15, 0.2) is 18.2 Å². The van der Waals surface area contributed by atoms with Gasteiger partial charge in [0.1, 0.15) is 5.82 Å². The van der Waals surface area contributed by atoms with Gasteiger partial charge in [0.15, 0.2) is 0 Å². The van der Waals surface area contributed by atoms with Crippen LogP contribution in [-0.2, 0) is 4.79 Å². The molecule has 1 amide bonds. The number of carboxylic acid groups (broad SMARTS) is 1. The standard InChI is InChI=1S/C15H16FNO3S/c1-9-13-10(16)5-3-6-11(13)21-14(9)15(20)17(2)8-4-7-12(18)19/h3,5-6H,4,7-8H2,1-2H3,(H,18,19). The molecule has 1 N–H and O–H groups in total. The maximum absolute atomic E-state index is 13.8. The summed E-state index contributed by atoms with van der Waals surface area (Å²) < 4.78 is 14.6. The van der Waals surface area contributed by atoms with Crippen LogP contribution in [0.25, 0.3) is 10.1 Å². The van der Waals surface area contributed by atoms with E-state index in [1.54, 1.807) is 26.1 Å². The molecule has 0 aliphatic rings. The number of rotatable bonds is 5. The lowest BCUT2D eigenvalue weighted by atomic mass is 10.1. The minimum Gasteiger partial charge on any atom is -0.481 e. The van der Waals surface area contributed by atoms with Crippen LogP contribution in [0.4, 0.5) is 4.39 Å². The van der Waals surface area contributed by atoms with Gasteiger partial charge in [-0.25, -0.2) is 4.39 Å². The van der Waals surface area contributed by atoms with E-state index in [0.717, 1.165) is 4.70 Å². The minimum absolute atomic E-state index is 0.0254. The molecule has 2 aromatic rings. The van der Waals surface area contributed by atoms with Crippen molar-refractivity contribution in [1.82, 2.24) is 4.90 Å². The molecule has 0 spiro atoms. The summed E-state index contributed by atoms with van der Waals surface area (Å²) in [6.45, 7) is 2.10. The molecule has 2 rings (SSSR count). The van der Waals surface area contributed by atoms with Gasteiger partial charge in [0.25, 0.3) is 5.91 Å². The third-order valence-corrected chi connectivity index (χ3v) is 4.57. The Morgan fingerprint density at radius 2 is 2.10 bits per heavy atom. The van der Waals surface area contributed by atoms with Crippen molar-refractivity contribution in [3.05, 3.63) is 34.5 Å². The van der Waals surface area contributed by atoms with Crippen molar-refractivity contribution in [1.29, 1.82) is 0 Å². The predicted octanol–water partition coefficient (Wildman–Crippen LogP) is 3.29. The Morgan fingerprint density at radius 1 is 1.38 bits per heavy atom. The first-order chi connectivity index (χ1) is 9.91. The molecule has 0 saturated carbocycles. The number of carbonyl (C=O) groups excluding carboxylic acids is 1. The molecular weight excluding hydrogens is 293 g/mol. The molecular formula is C15H16FNO3S. The van der Waals surface area contributed by atoms with Gasteiger partial charge in [-0.3, -0.25) is 9.59 Å². The lowest BCUT2D eigenvalue weighted by Crippen LogP contribution is -2.27. The molecule has 0 aliphatic carbocycles. The Balaban J connectivity index is 2.21.